The molecular formula is C12H19N3O3S. The summed E-state index contributed by atoms with van der Waals surface area (Å²) in [5, 5.41) is 8.24. The molecule has 1 aliphatic heterocycles. The van der Waals surface area contributed by atoms with Crippen LogP contribution in [0.25, 0.3) is 0 Å². The number of nitrogen functional groups attached to an aromatic ring is 1. The number of primary sulfonamides is 1. The first kappa shape index (κ1) is 14.1. The molecule has 1 unspecified atom stereocenters. The van der Waals surface area contributed by atoms with Crippen molar-refractivity contribution in [1.29, 1.82) is 0 Å². The molecule has 1 aromatic carbocycles. The Hall–Kier alpha value is -1.31. The summed E-state index contributed by atoms with van der Waals surface area (Å²) < 4.78 is 28.1. The molecule has 1 heterocycles. The lowest BCUT2D eigenvalue weighted by Gasteiger charge is -2.23. The first-order chi connectivity index (χ1) is 8.97. The summed E-state index contributed by atoms with van der Waals surface area (Å²) in [5.41, 5.74) is 6.60. The molecule has 1 saturated heterocycles. The van der Waals surface area contributed by atoms with Gasteiger partial charge in [0.15, 0.2) is 0 Å². The minimum Gasteiger partial charge on any atom is -0.398 e. The van der Waals surface area contributed by atoms with Crippen LogP contribution in [0.3, 0.4) is 0 Å². The number of nitrogens with two attached hydrogens (primary N) is 2. The predicted octanol–water partition coefficient (Wildman–Crippen LogP) is 0.897. The summed E-state index contributed by atoms with van der Waals surface area (Å²) in [6.45, 7) is 1.49. The topological polar surface area (TPSA) is 107 Å². The van der Waals surface area contributed by atoms with Crippen molar-refractivity contribution in [3.05, 3.63) is 18.2 Å². The average Bonchev–Trinajstić information content (AvgIpc) is 2.36. The molecule has 6 nitrogen and oxygen atoms in total. The van der Waals surface area contributed by atoms with Crippen LogP contribution in [0.1, 0.15) is 19.3 Å². The number of sulfonamides is 1. The molecule has 1 aliphatic rings. The van der Waals surface area contributed by atoms with E-state index in [9.17, 15) is 8.42 Å². The van der Waals surface area contributed by atoms with Gasteiger partial charge in [0.05, 0.1) is 11.8 Å². The number of ether oxygens (including phenoxy) is 1. The first-order valence-corrected chi connectivity index (χ1v) is 7.79. The number of anilines is 2. The summed E-state index contributed by atoms with van der Waals surface area (Å²) >= 11 is 0. The maximum atomic E-state index is 11.2. The van der Waals surface area contributed by atoms with Crippen molar-refractivity contribution in [3.8, 4) is 0 Å². The Morgan fingerprint density at radius 2 is 2.16 bits per heavy atom. The normalized spacial score (nSPS) is 20.2. The lowest BCUT2D eigenvalue weighted by molar-refractivity contribution is 0.0247. The highest BCUT2D eigenvalue weighted by atomic mass is 32.2. The van der Waals surface area contributed by atoms with Crippen molar-refractivity contribution >= 4 is 21.4 Å². The predicted molar refractivity (Wildman–Crippen MR) is 74.3 cm³/mol. The molecule has 106 valence electrons. The number of hydrogen-bond donors (Lipinski definition) is 3. The Labute approximate surface area is 113 Å². The molecule has 1 atom stereocenters. The largest absolute Gasteiger partial charge is 0.398 e. The third-order valence-electron chi connectivity index (χ3n) is 3.12. The number of benzene rings is 1. The maximum absolute atomic E-state index is 11.2. The van der Waals surface area contributed by atoms with Gasteiger partial charge in [-0.05, 0) is 37.5 Å². The van der Waals surface area contributed by atoms with Crippen molar-refractivity contribution in [2.75, 3.05) is 24.2 Å². The van der Waals surface area contributed by atoms with E-state index >= 15 is 0 Å². The Morgan fingerprint density at radius 3 is 2.74 bits per heavy atom. The monoisotopic (exact) mass is 285 g/mol. The fourth-order valence-corrected chi connectivity index (χ4v) is 2.76. The molecule has 1 aromatic rings. The summed E-state index contributed by atoms with van der Waals surface area (Å²) in [6, 6.07) is 4.64. The second-order valence-corrected chi connectivity index (χ2v) is 6.20. The van der Waals surface area contributed by atoms with Crippen LogP contribution in [0.15, 0.2) is 23.1 Å². The van der Waals surface area contributed by atoms with Crippen molar-refractivity contribution < 1.29 is 13.2 Å². The Balaban J connectivity index is 2.00. The molecule has 0 amide bonds. The molecule has 19 heavy (non-hydrogen) atoms. The molecular weight excluding hydrogens is 266 g/mol. The lowest BCUT2D eigenvalue weighted by atomic mass is 10.1. The van der Waals surface area contributed by atoms with Crippen molar-refractivity contribution in [3.63, 3.8) is 0 Å². The minimum absolute atomic E-state index is 0.0491. The molecule has 0 aliphatic carbocycles. The van der Waals surface area contributed by atoms with Crippen LogP contribution in [-0.4, -0.2) is 27.7 Å². The van der Waals surface area contributed by atoms with E-state index in [-0.39, 0.29) is 16.7 Å². The summed E-state index contributed by atoms with van der Waals surface area (Å²) in [4.78, 5) is -0.0491. The first-order valence-electron chi connectivity index (χ1n) is 6.24. The van der Waals surface area contributed by atoms with Gasteiger partial charge >= 0.3 is 0 Å². The minimum atomic E-state index is -3.76. The van der Waals surface area contributed by atoms with Crippen LogP contribution < -0.4 is 16.2 Å². The van der Waals surface area contributed by atoms with Gasteiger partial charge < -0.3 is 15.8 Å². The number of hydrogen-bond acceptors (Lipinski definition) is 5. The van der Waals surface area contributed by atoms with Gasteiger partial charge in [-0.25, -0.2) is 13.6 Å². The molecule has 7 heteroatoms. The van der Waals surface area contributed by atoms with Crippen LogP contribution in [0.2, 0.25) is 0 Å². The molecule has 2 rings (SSSR count). The Bertz CT molecular complexity index is 539. The van der Waals surface area contributed by atoms with Gasteiger partial charge in [0.25, 0.3) is 0 Å². The van der Waals surface area contributed by atoms with E-state index in [2.05, 4.69) is 5.32 Å². The molecule has 1 fully saturated rings. The lowest BCUT2D eigenvalue weighted by Crippen LogP contribution is -2.27. The zero-order chi connectivity index (χ0) is 13.9. The molecule has 0 spiro atoms. The zero-order valence-corrected chi connectivity index (χ0v) is 11.4. The maximum Gasteiger partial charge on any atom is 0.240 e. The van der Waals surface area contributed by atoms with Gasteiger partial charge in [-0.15, -0.1) is 0 Å². The summed E-state index contributed by atoms with van der Waals surface area (Å²) in [6.07, 6.45) is 3.54. The van der Waals surface area contributed by atoms with E-state index in [0.29, 0.717) is 6.54 Å². The van der Waals surface area contributed by atoms with E-state index in [1.54, 1.807) is 12.1 Å². The fraction of sp³-hybridized carbons (Fsp3) is 0.500. The standard InChI is InChI=1S/C12H19N3O3S/c13-11-7-9(4-5-12(11)19(14,16)17)15-8-10-3-1-2-6-18-10/h4-5,7,10,15H,1-3,6,8,13H2,(H2,14,16,17). The van der Waals surface area contributed by atoms with Gasteiger partial charge in [0.2, 0.25) is 10.0 Å². The number of nitrogens with one attached hydrogen (secondary N) is 1. The van der Waals surface area contributed by atoms with E-state index in [1.807, 2.05) is 0 Å². The Kier molecular flexibility index (Phi) is 4.28. The quantitative estimate of drug-likeness (QED) is 0.712. The zero-order valence-electron chi connectivity index (χ0n) is 10.6. The van der Waals surface area contributed by atoms with E-state index in [4.69, 9.17) is 15.6 Å². The summed E-state index contributed by atoms with van der Waals surface area (Å²) in [5.74, 6) is 0. The van der Waals surface area contributed by atoms with E-state index < -0.39 is 10.0 Å². The van der Waals surface area contributed by atoms with Crippen LogP contribution >= 0.6 is 0 Å². The highest BCUT2D eigenvalue weighted by Gasteiger charge is 2.15. The third kappa shape index (κ3) is 3.82. The van der Waals surface area contributed by atoms with Crippen LogP contribution in [0.4, 0.5) is 11.4 Å². The number of rotatable bonds is 4. The second-order valence-electron chi connectivity index (χ2n) is 4.67. The van der Waals surface area contributed by atoms with Crippen molar-refractivity contribution in [2.45, 2.75) is 30.3 Å². The fourth-order valence-electron chi connectivity index (χ4n) is 2.12. The smallest absolute Gasteiger partial charge is 0.240 e. The van der Waals surface area contributed by atoms with Gasteiger partial charge in [0.1, 0.15) is 4.90 Å². The van der Waals surface area contributed by atoms with Gasteiger partial charge in [0, 0.05) is 18.8 Å². The van der Waals surface area contributed by atoms with Crippen molar-refractivity contribution in [2.24, 2.45) is 5.14 Å². The van der Waals surface area contributed by atoms with Gasteiger partial charge in [-0.2, -0.15) is 0 Å². The SMILES string of the molecule is Nc1cc(NCC2CCCCO2)ccc1S(N)(=O)=O. The van der Waals surface area contributed by atoms with Crippen LogP contribution in [0, 0.1) is 0 Å². The Morgan fingerprint density at radius 1 is 1.37 bits per heavy atom. The van der Waals surface area contributed by atoms with Crippen LogP contribution in [0.5, 0.6) is 0 Å². The molecule has 5 N–H and O–H groups in total. The molecule has 0 bridgehead atoms. The second kappa shape index (κ2) is 5.77. The average molecular weight is 285 g/mol. The van der Waals surface area contributed by atoms with E-state index in [1.165, 1.54) is 12.5 Å². The summed E-state index contributed by atoms with van der Waals surface area (Å²) in [7, 11) is -3.76. The van der Waals surface area contributed by atoms with Gasteiger partial charge in [-0.3, -0.25) is 0 Å². The molecule has 0 saturated carbocycles. The van der Waals surface area contributed by atoms with E-state index in [0.717, 1.165) is 25.1 Å². The highest BCUT2D eigenvalue weighted by molar-refractivity contribution is 7.89. The molecule has 0 radical (unpaired) electrons. The van der Waals surface area contributed by atoms with Crippen LogP contribution in [-0.2, 0) is 14.8 Å². The highest BCUT2D eigenvalue weighted by Crippen LogP contribution is 2.22. The van der Waals surface area contributed by atoms with Crippen molar-refractivity contribution in [1.82, 2.24) is 0 Å². The molecule has 0 aromatic heterocycles. The third-order valence-corrected chi connectivity index (χ3v) is 4.11. The van der Waals surface area contributed by atoms with Gasteiger partial charge in [-0.1, -0.05) is 0 Å².